The molecule has 1 aromatic carbocycles. The van der Waals surface area contributed by atoms with E-state index in [1.807, 2.05) is 24.3 Å². The van der Waals surface area contributed by atoms with Crippen molar-refractivity contribution in [3.63, 3.8) is 0 Å². The normalized spacial score (nSPS) is 10.1. The number of nitrogens with zero attached hydrogens (tertiary/aromatic N) is 2. The third-order valence-corrected chi connectivity index (χ3v) is 2.97. The van der Waals surface area contributed by atoms with Crippen molar-refractivity contribution in [2.24, 2.45) is 0 Å². The van der Waals surface area contributed by atoms with Gasteiger partial charge in [0.05, 0.1) is 0 Å². The summed E-state index contributed by atoms with van der Waals surface area (Å²) in [5, 5.41) is 3.32. The lowest BCUT2D eigenvalue weighted by atomic mass is 10.1. The van der Waals surface area contributed by atoms with Crippen LogP contribution in [0.2, 0.25) is 0 Å². The van der Waals surface area contributed by atoms with E-state index >= 15 is 0 Å². The molecular formula is C16H19N3O. The first-order valence-electron chi connectivity index (χ1n) is 6.62. The molecule has 4 nitrogen and oxygen atoms in total. The van der Waals surface area contributed by atoms with Crippen LogP contribution in [0.4, 0.5) is 5.69 Å². The number of anilines is 1. The van der Waals surface area contributed by atoms with Crippen LogP contribution in [-0.2, 0) is 6.42 Å². The van der Waals surface area contributed by atoms with E-state index in [9.17, 15) is 4.79 Å². The molecule has 0 spiro atoms. The predicted octanol–water partition coefficient (Wildman–Crippen LogP) is 2.44. The highest BCUT2D eigenvalue weighted by Gasteiger charge is 2.09. The van der Waals surface area contributed by atoms with Gasteiger partial charge in [-0.05, 0) is 24.1 Å². The minimum absolute atomic E-state index is 0.0864. The average Bonchev–Trinajstić information content (AvgIpc) is 2.48. The molecule has 104 valence electrons. The average molecular weight is 269 g/mol. The highest BCUT2D eigenvalue weighted by molar-refractivity contribution is 5.92. The topological polar surface area (TPSA) is 45.2 Å². The zero-order valence-electron chi connectivity index (χ0n) is 11.8. The van der Waals surface area contributed by atoms with Crippen LogP contribution < -0.4 is 5.32 Å². The zero-order valence-corrected chi connectivity index (χ0v) is 11.8. The summed E-state index contributed by atoms with van der Waals surface area (Å²) in [5.41, 5.74) is 2.67. The maximum atomic E-state index is 11.8. The Morgan fingerprint density at radius 3 is 2.65 bits per heavy atom. The summed E-state index contributed by atoms with van der Waals surface area (Å²) in [4.78, 5) is 17.4. The largest absolute Gasteiger partial charge is 0.385 e. The lowest BCUT2D eigenvalue weighted by Crippen LogP contribution is -2.22. The highest BCUT2D eigenvalue weighted by Crippen LogP contribution is 2.09. The number of aromatic nitrogens is 1. The van der Waals surface area contributed by atoms with Crippen LogP contribution in [0, 0.1) is 0 Å². The Hall–Kier alpha value is -2.36. The molecule has 0 aliphatic rings. The van der Waals surface area contributed by atoms with Crippen molar-refractivity contribution in [2.45, 2.75) is 6.42 Å². The number of carbonyl (C=O) groups excluding carboxylic acids is 1. The van der Waals surface area contributed by atoms with Crippen molar-refractivity contribution in [1.82, 2.24) is 9.88 Å². The second-order valence-electron chi connectivity index (χ2n) is 4.79. The van der Waals surface area contributed by atoms with Gasteiger partial charge >= 0.3 is 0 Å². The van der Waals surface area contributed by atoms with Crippen molar-refractivity contribution in [3.05, 3.63) is 59.9 Å². The lowest BCUT2D eigenvalue weighted by Gasteiger charge is -2.11. The van der Waals surface area contributed by atoms with Gasteiger partial charge in [0.2, 0.25) is 0 Å². The van der Waals surface area contributed by atoms with Crippen LogP contribution in [0.25, 0.3) is 0 Å². The summed E-state index contributed by atoms with van der Waals surface area (Å²) in [7, 11) is 3.44. The lowest BCUT2D eigenvalue weighted by molar-refractivity contribution is 0.0822. The van der Waals surface area contributed by atoms with Crippen molar-refractivity contribution in [1.29, 1.82) is 0 Å². The Bertz CT molecular complexity index is 567. The second-order valence-corrected chi connectivity index (χ2v) is 4.79. The van der Waals surface area contributed by atoms with E-state index < -0.39 is 0 Å². The number of pyridine rings is 1. The fraction of sp³-hybridized carbons (Fsp3) is 0.250. The summed E-state index contributed by atoms with van der Waals surface area (Å²) >= 11 is 0. The van der Waals surface area contributed by atoms with E-state index in [1.165, 1.54) is 10.5 Å². The molecule has 0 saturated heterocycles. The second kappa shape index (κ2) is 6.70. The maximum Gasteiger partial charge on any atom is 0.272 e. The minimum atomic E-state index is -0.0864. The number of carbonyl (C=O) groups is 1. The Morgan fingerprint density at radius 2 is 1.95 bits per heavy atom. The molecule has 2 aromatic rings. The molecule has 0 bridgehead atoms. The van der Waals surface area contributed by atoms with Gasteiger partial charge in [0.1, 0.15) is 5.69 Å². The SMILES string of the molecule is CN(C)C(=O)c1cc(NCCc2ccccc2)ccn1. The first kappa shape index (κ1) is 14.1. The molecule has 0 unspecified atom stereocenters. The number of benzene rings is 1. The minimum Gasteiger partial charge on any atom is -0.385 e. The van der Waals surface area contributed by atoms with Crippen LogP contribution in [0.5, 0.6) is 0 Å². The summed E-state index contributed by atoms with van der Waals surface area (Å²) in [6, 6.07) is 14.0. The van der Waals surface area contributed by atoms with E-state index in [1.54, 1.807) is 26.4 Å². The Balaban J connectivity index is 1.93. The van der Waals surface area contributed by atoms with Gasteiger partial charge in [-0.15, -0.1) is 0 Å². The molecule has 0 fully saturated rings. The van der Waals surface area contributed by atoms with E-state index in [0.29, 0.717) is 5.69 Å². The highest BCUT2D eigenvalue weighted by atomic mass is 16.2. The van der Waals surface area contributed by atoms with Gasteiger partial charge in [-0.3, -0.25) is 9.78 Å². The first-order valence-corrected chi connectivity index (χ1v) is 6.62. The molecule has 0 radical (unpaired) electrons. The fourth-order valence-electron chi connectivity index (χ4n) is 1.88. The molecule has 1 amide bonds. The van der Waals surface area contributed by atoms with Crippen molar-refractivity contribution < 1.29 is 4.79 Å². The van der Waals surface area contributed by atoms with E-state index in [0.717, 1.165) is 18.7 Å². The quantitative estimate of drug-likeness (QED) is 0.906. The number of nitrogens with one attached hydrogen (secondary N) is 1. The number of hydrogen-bond acceptors (Lipinski definition) is 3. The molecule has 2 rings (SSSR count). The molecule has 0 saturated carbocycles. The van der Waals surface area contributed by atoms with Gasteiger partial charge in [0, 0.05) is 32.5 Å². The molecule has 4 heteroatoms. The van der Waals surface area contributed by atoms with E-state index in [-0.39, 0.29) is 5.91 Å². The van der Waals surface area contributed by atoms with Gasteiger partial charge in [-0.2, -0.15) is 0 Å². The van der Waals surface area contributed by atoms with Crippen molar-refractivity contribution in [3.8, 4) is 0 Å². The predicted molar refractivity (Wildman–Crippen MR) is 80.9 cm³/mol. The van der Waals surface area contributed by atoms with Crippen molar-refractivity contribution in [2.75, 3.05) is 26.0 Å². The summed E-state index contributed by atoms with van der Waals surface area (Å²) in [5.74, 6) is -0.0864. The van der Waals surface area contributed by atoms with Crippen LogP contribution in [0.15, 0.2) is 48.7 Å². The Morgan fingerprint density at radius 1 is 1.20 bits per heavy atom. The molecule has 0 aliphatic heterocycles. The first-order chi connectivity index (χ1) is 9.66. The van der Waals surface area contributed by atoms with Crippen LogP contribution >= 0.6 is 0 Å². The molecule has 1 heterocycles. The summed E-state index contributed by atoms with van der Waals surface area (Å²) < 4.78 is 0. The summed E-state index contributed by atoms with van der Waals surface area (Å²) in [6.45, 7) is 0.823. The standard InChI is InChI=1S/C16H19N3O/c1-19(2)16(20)15-12-14(9-11-18-15)17-10-8-13-6-4-3-5-7-13/h3-7,9,11-12H,8,10H2,1-2H3,(H,17,18). The molecular weight excluding hydrogens is 250 g/mol. The maximum absolute atomic E-state index is 11.8. The van der Waals surface area contributed by atoms with Gasteiger partial charge in [0.15, 0.2) is 0 Å². The number of rotatable bonds is 5. The van der Waals surface area contributed by atoms with E-state index in [4.69, 9.17) is 0 Å². The van der Waals surface area contributed by atoms with Crippen LogP contribution in [0.1, 0.15) is 16.1 Å². The molecule has 0 atom stereocenters. The van der Waals surface area contributed by atoms with Crippen LogP contribution in [0.3, 0.4) is 0 Å². The van der Waals surface area contributed by atoms with Gasteiger partial charge in [0.25, 0.3) is 5.91 Å². The summed E-state index contributed by atoms with van der Waals surface area (Å²) in [6.07, 6.45) is 2.60. The van der Waals surface area contributed by atoms with Gasteiger partial charge < -0.3 is 10.2 Å². The third-order valence-electron chi connectivity index (χ3n) is 2.97. The number of hydrogen-bond donors (Lipinski definition) is 1. The smallest absolute Gasteiger partial charge is 0.272 e. The molecule has 1 aromatic heterocycles. The van der Waals surface area contributed by atoms with E-state index in [2.05, 4.69) is 22.4 Å². The molecule has 20 heavy (non-hydrogen) atoms. The Kier molecular flexibility index (Phi) is 4.71. The third kappa shape index (κ3) is 3.82. The zero-order chi connectivity index (χ0) is 14.4. The van der Waals surface area contributed by atoms with Gasteiger partial charge in [-0.25, -0.2) is 0 Å². The van der Waals surface area contributed by atoms with Gasteiger partial charge in [-0.1, -0.05) is 30.3 Å². The Labute approximate surface area is 119 Å². The molecule has 1 N–H and O–H groups in total. The number of amides is 1. The fourth-order valence-corrected chi connectivity index (χ4v) is 1.88. The van der Waals surface area contributed by atoms with Crippen molar-refractivity contribution >= 4 is 11.6 Å². The monoisotopic (exact) mass is 269 g/mol. The molecule has 0 aliphatic carbocycles. The van der Waals surface area contributed by atoms with Crippen LogP contribution in [-0.4, -0.2) is 36.4 Å².